The van der Waals surface area contributed by atoms with Gasteiger partial charge in [0.15, 0.2) is 0 Å². The number of nitrogens with zero attached hydrogens (tertiary/aromatic N) is 1. The number of carbonyl (C=O) groups excluding carboxylic acids is 2. The maximum Gasteiger partial charge on any atom is 0.321 e. The van der Waals surface area contributed by atoms with Gasteiger partial charge in [0.1, 0.15) is 0 Å². The van der Waals surface area contributed by atoms with E-state index in [1.54, 1.807) is 6.08 Å². The molecular formula is C14H26N4O2. The van der Waals surface area contributed by atoms with Gasteiger partial charge in [-0.3, -0.25) is 15.0 Å². The lowest BCUT2D eigenvalue weighted by Gasteiger charge is -2.39. The average Bonchev–Trinajstić information content (AvgIpc) is 2.44. The summed E-state index contributed by atoms with van der Waals surface area (Å²) < 4.78 is 0. The number of nitrogens with one attached hydrogen (secondary N) is 3. The minimum absolute atomic E-state index is 0.262. The fourth-order valence-electron chi connectivity index (χ4n) is 2.36. The Labute approximate surface area is 121 Å². The van der Waals surface area contributed by atoms with Gasteiger partial charge in [0.25, 0.3) is 0 Å². The monoisotopic (exact) mass is 282 g/mol. The fourth-order valence-corrected chi connectivity index (χ4v) is 2.36. The van der Waals surface area contributed by atoms with Crippen molar-refractivity contribution in [2.24, 2.45) is 0 Å². The number of hydrogen-bond donors (Lipinski definition) is 3. The van der Waals surface area contributed by atoms with Crippen molar-refractivity contribution in [3.63, 3.8) is 0 Å². The van der Waals surface area contributed by atoms with Gasteiger partial charge in [-0.15, -0.1) is 6.58 Å². The van der Waals surface area contributed by atoms with Gasteiger partial charge in [-0.05, 0) is 12.8 Å². The lowest BCUT2D eigenvalue weighted by atomic mass is 10.1. The predicted octanol–water partition coefficient (Wildman–Crippen LogP) is 0.461. The molecule has 3 amide bonds. The molecule has 6 heteroatoms. The number of amides is 3. The molecule has 0 aromatic carbocycles. The lowest BCUT2D eigenvalue weighted by molar-refractivity contribution is -0.122. The molecule has 1 aliphatic rings. The smallest absolute Gasteiger partial charge is 0.321 e. The molecule has 1 fully saturated rings. The van der Waals surface area contributed by atoms with Crippen LogP contribution in [0.5, 0.6) is 0 Å². The minimum Gasteiger partial charge on any atom is -0.334 e. The maximum atomic E-state index is 11.9. The van der Waals surface area contributed by atoms with E-state index < -0.39 is 6.03 Å². The Morgan fingerprint density at radius 2 is 2.15 bits per heavy atom. The summed E-state index contributed by atoms with van der Waals surface area (Å²) in [7, 11) is 0. The summed E-state index contributed by atoms with van der Waals surface area (Å²) >= 11 is 0. The normalized spacial score (nSPS) is 23.1. The van der Waals surface area contributed by atoms with Crippen molar-refractivity contribution in [2.45, 2.75) is 38.8 Å². The summed E-state index contributed by atoms with van der Waals surface area (Å²) in [6.45, 7) is 10.1. The van der Waals surface area contributed by atoms with Crippen LogP contribution in [-0.4, -0.2) is 55.1 Å². The van der Waals surface area contributed by atoms with Crippen molar-refractivity contribution in [2.75, 3.05) is 26.2 Å². The summed E-state index contributed by atoms with van der Waals surface area (Å²) in [5.74, 6) is -0.262. The van der Waals surface area contributed by atoms with Crippen LogP contribution in [0, 0.1) is 0 Å². The molecule has 6 nitrogen and oxygen atoms in total. The van der Waals surface area contributed by atoms with Gasteiger partial charge in [-0.1, -0.05) is 19.9 Å². The summed E-state index contributed by atoms with van der Waals surface area (Å²) in [5.41, 5.74) is 0. The van der Waals surface area contributed by atoms with Crippen molar-refractivity contribution >= 4 is 11.9 Å². The highest BCUT2D eigenvalue weighted by atomic mass is 16.2. The molecule has 1 aliphatic heterocycles. The molecule has 3 N–H and O–H groups in total. The van der Waals surface area contributed by atoms with Crippen LogP contribution < -0.4 is 16.0 Å². The van der Waals surface area contributed by atoms with Crippen molar-refractivity contribution in [3.05, 3.63) is 12.7 Å². The molecule has 0 aromatic rings. The number of hydrogen-bond acceptors (Lipinski definition) is 4. The van der Waals surface area contributed by atoms with E-state index in [2.05, 4.69) is 41.3 Å². The van der Waals surface area contributed by atoms with Crippen LogP contribution in [-0.2, 0) is 4.79 Å². The third kappa shape index (κ3) is 5.30. The third-order valence-corrected chi connectivity index (χ3v) is 3.58. The summed E-state index contributed by atoms with van der Waals surface area (Å²) in [6, 6.07) is 0.296. The summed E-state index contributed by atoms with van der Waals surface area (Å²) in [4.78, 5) is 25.4. The topological polar surface area (TPSA) is 73.5 Å². The van der Waals surface area contributed by atoms with Crippen LogP contribution in [0.25, 0.3) is 0 Å². The molecule has 0 radical (unpaired) electrons. The van der Waals surface area contributed by atoms with Crippen LogP contribution in [0.15, 0.2) is 12.7 Å². The second-order valence-electron chi connectivity index (χ2n) is 5.05. The Bertz CT molecular complexity index is 346. The van der Waals surface area contributed by atoms with Crippen molar-refractivity contribution in [3.8, 4) is 0 Å². The van der Waals surface area contributed by atoms with E-state index in [-0.39, 0.29) is 12.5 Å². The average molecular weight is 282 g/mol. The fraction of sp³-hybridized carbons (Fsp3) is 0.714. The summed E-state index contributed by atoms with van der Waals surface area (Å²) in [5, 5.41) is 8.34. The lowest BCUT2D eigenvalue weighted by Crippen LogP contribution is -2.58. The highest BCUT2D eigenvalue weighted by molar-refractivity contribution is 5.95. The van der Waals surface area contributed by atoms with E-state index in [0.29, 0.717) is 18.6 Å². The van der Waals surface area contributed by atoms with E-state index in [1.807, 2.05) is 0 Å². The van der Waals surface area contributed by atoms with Crippen LogP contribution in [0.1, 0.15) is 26.7 Å². The zero-order valence-electron chi connectivity index (χ0n) is 12.4. The van der Waals surface area contributed by atoms with E-state index in [4.69, 9.17) is 0 Å². The molecule has 1 heterocycles. The van der Waals surface area contributed by atoms with Crippen LogP contribution in [0.3, 0.4) is 0 Å². The van der Waals surface area contributed by atoms with Crippen LogP contribution in [0.2, 0.25) is 0 Å². The molecule has 114 valence electrons. The first-order valence-corrected chi connectivity index (χ1v) is 7.26. The summed E-state index contributed by atoms with van der Waals surface area (Å²) in [6.07, 6.45) is 3.59. The van der Waals surface area contributed by atoms with Gasteiger partial charge in [-0.25, -0.2) is 4.79 Å². The van der Waals surface area contributed by atoms with Gasteiger partial charge in [0, 0.05) is 31.7 Å². The molecule has 0 spiro atoms. The number of piperazine rings is 1. The minimum atomic E-state index is -0.467. The SMILES string of the molecule is C=CCNC(=O)NC(=O)CN1CC(CC)NCC1CC. The van der Waals surface area contributed by atoms with Crippen LogP contribution in [0.4, 0.5) is 4.79 Å². The van der Waals surface area contributed by atoms with E-state index in [0.717, 1.165) is 25.9 Å². The Morgan fingerprint density at radius 1 is 1.40 bits per heavy atom. The van der Waals surface area contributed by atoms with Crippen molar-refractivity contribution < 1.29 is 9.59 Å². The quantitative estimate of drug-likeness (QED) is 0.619. The van der Waals surface area contributed by atoms with Gasteiger partial charge >= 0.3 is 6.03 Å². The maximum absolute atomic E-state index is 11.9. The number of rotatable bonds is 6. The molecular weight excluding hydrogens is 256 g/mol. The van der Waals surface area contributed by atoms with Crippen molar-refractivity contribution in [1.82, 2.24) is 20.9 Å². The Kier molecular flexibility index (Phi) is 7.25. The molecule has 2 unspecified atom stereocenters. The first-order valence-electron chi connectivity index (χ1n) is 7.26. The third-order valence-electron chi connectivity index (χ3n) is 3.58. The Morgan fingerprint density at radius 3 is 2.75 bits per heavy atom. The van der Waals surface area contributed by atoms with E-state index in [1.165, 1.54) is 0 Å². The zero-order chi connectivity index (χ0) is 15.0. The predicted molar refractivity (Wildman–Crippen MR) is 79.5 cm³/mol. The second-order valence-corrected chi connectivity index (χ2v) is 5.05. The van der Waals surface area contributed by atoms with Gasteiger partial charge in [-0.2, -0.15) is 0 Å². The van der Waals surface area contributed by atoms with Crippen molar-refractivity contribution in [1.29, 1.82) is 0 Å². The number of urea groups is 1. The standard InChI is InChI=1S/C14H26N4O2/c1-4-7-15-14(20)17-13(19)10-18-9-11(5-2)16-8-12(18)6-3/h4,11-12,16H,1,5-10H2,2-3H3,(H2,15,17,19,20). The molecule has 20 heavy (non-hydrogen) atoms. The number of carbonyl (C=O) groups is 2. The van der Waals surface area contributed by atoms with E-state index in [9.17, 15) is 9.59 Å². The Balaban J connectivity index is 2.44. The van der Waals surface area contributed by atoms with E-state index >= 15 is 0 Å². The van der Waals surface area contributed by atoms with Crippen LogP contribution >= 0.6 is 0 Å². The molecule has 0 aliphatic carbocycles. The largest absolute Gasteiger partial charge is 0.334 e. The molecule has 2 atom stereocenters. The number of imide groups is 1. The molecule has 1 rings (SSSR count). The molecule has 0 bridgehead atoms. The van der Waals surface area contributed by atoms with Gasteiger partial charge in [0.05, 0.1) is 6.54 Å². The first kappa shape index (κ1) is 16.7. The zero-order valence-corrected chi connectivity index (χ0v) is 12.4. The highest BCUT2D eigenvalue weighted by Gasteiger charge is 2.27. The van der Waals surface area contributed by atoms with Gasteiger partial charge < -0.3 is 10.6 Å². The molecule has 1 saturated heterocycles. The molecule has 0 aromatic heterocycles. The second kappa shape index (κ2) is 8.71. The van der Waals surface area contributed by atoms with Gasteiger partial charge in [0.2, 0.25) is 5.91 Å². The first-order chi connectivity index (χ1) is 9.60. The Hall–Kier alpha value is -1.40. The highest BCUT2D eigenvalue weighted by Crippen LogP contribution is 2.11. The molecule has 0 saturated carbocycles.